The highest BCUT2D eigenvalue weighted by atomic mass is 19.1. The summed E-state index contributed by atoms with van der Waals surface area (Å²) < 4.78 is 34.5. The third-order valence-electron chi connectivity index (χ3n) is 6.82. The molecule has 2 bridgehead atoms. The van der Waals surface area contributed by atoms with E-state index in [9.17, 15) is 13.6 Å². The fourth-order valence-corrected chi connectivity index (χ4v) is 5.04. The number of allylic oxidation sites excluding steroid dienone is 1. The van der Waals surface area contributed by atoms with Crippen molar-refractivity contribution in [3.05, 3.63) is 82.9 Å². The number of fused-ring (bicyclic) bond motifs is 3. The van der Waals surface area contributed by atoms with Gasteiger partial charge in [-0.1, -0.05) is 29.8 Å². The highest BCUT2D eigenvalue weighted by molar-refractivity contribution is 5.68. The number of carbonyl (C=O) groups is 1. The first-order valence-corrected chi connectivity index (χ1v) is 11.3. The molecule has 3 heterocycles. The predicted molar refractivity (Wildman–Crippen MR) is 120 cm³/mol. The van der Waals surface area contributed by atoms with E-state index in [0.29, 0.717) is 17.0 Å². The molecule has 3 aliphatic rings. The minimum atomic E-state index is -0.892. The lowest BCUT2D eigenvalue weighted by atomic mass is 9.81. The Morgan fingerprint density at radius 1 is 1.09 bits per heavy atom. The van der Waals surface area contributed by atoms with Crippen molar-refractivity contribution in [2.75, 3.05) is 26.2 Å². The summed E-state index contributed by atoms with van der Waals surface area (Å²) in [6.07, 6.45) is 3.00. The fourth-order valence-electron chi connectivity index (χ4n) is 5.04. The van der Waals surface area contributed by atoms with Gasteiger partial charge in [-0.3, -0.25) is 0 Å². The molecule has 5 rings (SSSR count). The fraction of sp³-hybridized carbons (Fsp3) is 0.423. The van der Waals surface area contributed by atoms with Crippen LogP contribution < -0.4 is 5.32 Å². The van der Waals surface area contributed by atoms with E-state index in [4.69, 9.17) is 4.74 Å². The van der Waals surface area contributed by atoms with E-state index in [1.807, 2.05) is 0 Å². The minimum Gasteiger partial charge on any atom is -0.436 e. The summed E-state index contributed by atoms with van der Waals surface area (Å²) >= 11 is 0. The maximum atomic E-state index is 13.9. The Labute approximate surface area is 188 Å². The molecule has 3 aliphatic heterocycles. The summed E-state index contributed by atoms with van der Waals surface area (Å²) in [6, 6.07) is 11.8. The number of halogens is 2. The number of hydrogen-bond donors (Lipinski definition) is 1. The highest BCUT2D eigenvalue weighted by Crippen LogP contribution is 2.34. The van der Waals surface area contributed by atoms with Crippen molar-refractivity contribution in [3.8, 4) is 0 Å². The largest absolute Gasteiger partial charge is 0.436 e. The molecule has 6 heteroatoms. The van der Waals surface area contributed by atoms with Crippen LogP contribution in [0.25, 0.3) is 0 Å². The van der Waals surface area contributed by atoms with E-state index in [-0.39, 0.29) is 6.04 Å². The van der Waals surface area contributed by atoms with Crippen molar-refractivity contribution in [2.45, 2.75) is 38.8 Å². The number of amides is 1. The summed E-state index contributed by atoms with van der Waals surface area (Å²) in [5.74, 6) is -0.428. The van der Waals surface area contributed by atoms with Crippen LogP contribution in [-0.2, 0) is 4.74 Å². The van der Waals surface area contributed by atoms with Gasteiger partial charge in [-0.15, -0.1) is 0 Å². The Bertz CT molecular complexity index is 949. The lowest BCUT2D eigenvalue weighted by molar-refractivity contribution is -0.938. The van der Waals surface area contributed by atoms with Crippen molar-refractivity contribution < 1.29 is 22.8 Å². The van der Waals surface area contributed by atoms with Crippen LogP contribution >= 0.6 is 0 Å². The SMILES string of the molecule is CC(C)=CC[N+]12CCC(CC1)C(NC(=O)OC(c1cccc(F)c1)c1cccc(F)c1)C2. The Morgan fingerprint density at radius 2 is 1.69 bits per heavy atom. The minimum absolute atomic E-state index is 0.0382. The van der Waals surface area contributed by atoms with Crippen LogP contribution in [-0.4, -0.2) is 42.8 Å². The summed E-state index contributed by atoms with van der Waals surface area (Å²) in [5.41, 5.74) is 2.24. The first kappa shape index (κ1) is 22.5. The van der Waals surface area contributed by atoms with Gasteiger partial charge in [0, 0.05) is 12.8 Å². The molecule has 170 valence electrons. The number of ether oxygens (including phenoxy) is 1. The van der Waals surface area contributed by atoms with Crippen molar-refractivity contribution in [2.24, 2.45) is 5.92 Å². The maximum Gasteiger partial charge on any atom is 0.408 e. The number of hydrogen-bond acceptors (Lipinski definition) is 2. The zero-order valence-electron chi connectivity index (χ0n) is 18.7. The standard InChI is InChI=1S/C26H30F2N2O2/c1-18(2)9-12-30-13-10-19(11-14-30)24(17-30)29-26(31)32-25(20-5-3-7-22(27)15-20)21-6-4-8-23(28)16-21/h3-9,15-16,19,24-25H,10-14,17H2,1-2H3/p+1. The van der Waals surface area contributed by atoms with E-state index in [2.05, 4.69) is 25.2 Å². The molecule has 0 radical (unpaired) electrons. The number of carbonyl (C=O) groups excluding carboxylic acids is 1. The molecule has 3 fully saturated rings. The van der Waals surface area contributed by atoms with Crippen molar-refractivity contribution in [1.29, 1.82) is 0 Å². The molecule has 0 aromatic heterocycles. The van der Waals surface area contributed by atoms with Crippen LogP contribution in [0.15, 0.2) is 60.2 Å². The van der Waals surface area contributed by atoms with Crippen LogP contribution in [0.3, 0.4) is 0 Å². The number of piperidine rings is 3. The highest BCUT2D eigenvalue weighted by Gasteiger charge is 2.46. The molecule has 2 aromatic rings. The monoisotopic (exact) mass is 441 g/mol. The molecule has 0 spiro atoms. The van der Waals surface area contributed by atoms with Crippen molar-refractivity contribution >= 4 is 6.09 Å². The lowest BCUT2D eigenvalue weighted by Gasteiger charge is -2.52. The van der Waals surface area contributed by atoms with Gasteiger partial charge >= 0.3 is 6.09 Å². The quantitative estimate of drug-likeness (QED) is 0.484. The molecule has 4 nitrogen and oxygen atoms in total. The van der Waals surface area contributed by atoms with E-state index in [0.717, 1.165) is 43.5 Å². The Hall–Kier alpha value is -2.73. The average molecular weight is 442 g/mol. The van der Waals surface area contributed by atoms with Gasteiger partial charge in [0.25, 0.3) is 0 Å². The molecule has 1 unspecified atom stereocenters. The molecule has 1 N–H and O–H groups in total. The van der Waals surface area contributed by atoms with E-state index in [1.165, 1.54) is 29.8 Å². The number of quaternary nitrogens is 1. The zero-order chi connectivity index (χ0) is 22.7. The Balaban J connectivity index is 1.50. The van der Waals surface area contributed by atoms with Crippen LogP contribution in [0, 0.1) is 17.6 Å². The van der Waals surface area contributed by atoms with Crippen molar-refractivity contribution in [3.63, 3.8) is 0 Å². The van der Waals surface area contributed by atoms with Crippen LogP contribution in [0.2, 0.25) is 0 Å². The number of nitrogens with one attached hydrogen (secondary N) is 1. The smallest absolute Gasteiger partial charge is 0.408 e. The molecule has 0 saturated carbocycles. The Kier molecular flexibility index (Phi) is 6.60. The number of rotatable bonds is 6. The molecule has 1 atom stereocenters. The van der Waals surface area contributed by atoms with E-state index < -0.39 is 23.8 Å². The third-order valence-corrected chi connectivity index (χ3v) is 6.82. The molecule has 32 heavy (non-hydrogen) atoms. The van der Waals surface area contributed by atoms with Crippen LogP contribution in [0.5, 0.6) is 0 Å². The lowest BCUT2D eigenvalue weighted by Crippen LogP contribution is -2.67. The molecular weight excluding hydrogens is 410 g/mol. The number of alkyl carbamates (subject to hydrolysis) is 1. The second-order valence-electron chi connectivity index (χ2n) is 9.42. The Morgan fingerprint density at radius 3 is 2.22 bits per heavy atom. The van der Waals surface area contributed by atoms with Crippen molar-refractivity contribution in [1.82, 2.24) is 5.32 Å². The van der Waals surface area contributed by atoms with Gasteiger partial charge in [-0.2, -0.15) is 0 Å². The summed E-state index contributed by atoms with van der Waals surface area (Å²) in [7, 11) is 0. The van der Waals surface area contributed by atoms with Crippen LogP contribution in [0.4, 0.5) is 13.6 Å². The maximum absolute atomic E-state index is 13.9. The topological polar surface area (TPSA) is 38.3 Å². The second kappa shape index (κ2) is 9.41. The molecular formula is C26H31F2N2O2+. The van der Waals surface area contributed by atoms with Gasteiger partial charge in [0.05, 0.1) is 32.2 Å². The first-order chi connectivity index (χ1) is 15.3. The van der Waals surface area contributed by atoms with Gasteiger partial charge in [0.2, 0.25) is 0 Å². The van der Waals surface area contributed by atoms with E-state index >= 15 is 0 Å². The van der Waals surface area contributed by atoms with Crippen LogP contribution in [0.1, 0.15) is 43.9 Å². The van der Waals surface area contributed by atoms with Gasteiger partial charge in [-0.25, -0.2) is 13.6 Å². The summed E-state index contributed by atoms with van der Waals surface area (Å²) in [5, 5.41) is 3.08. The summed E-state index contributed by atoms with van der Waals surface area (Å²) in [4.78, 5) is 12.9. The van der Waals surface area contributed by atoms with Gasteiger partial charge < -0.3 is 14.5 Å². The second-order valence-corrected chi connectivity index (χ2v) is 9.42. The number of benzene rings is 2. The molecule has 2 aromatic carbocycles. The predicted octanol–water partition coefficient (Wildman–Crippen LogP) is 5.36. The number of nitrogens with zero attached hydrogens (tertiary/aromatic N) is 1. The normalized spacial score (nSPS) is 24.3. The zero-order valence-corrected chi connectivity index (χ0v) is 18.7. The molecule has 0 aliphatic carbocycles. The van der Waals surface area contributed by atoms with E-state index in [1.54, 1.807) is 24.3 Å². The molecule has 1 amide bonds. The third kappa shape index (κ3) is 5.18. The average Bonchev–Trinajstić information content (AvgIpc) is 2.77. The van der Waals surface area contributed by atoms with Gasteiger partial charge in [0.1, 0.15) is 11.6 Å². The molecule has 3 saturated heterocycles. The van der Waals surface area contributed by atoms with Gasteiger partial charge in [-0.05, 0) is 61.2 Å². The summed E-state index contributed by atoms with van der Waals surface area (Å²) in [6.45, 7) is 8.36. The first-order valence-electron chi connectivity index (χ1n) is 11.3. The van der Waals surface area contributed by atoms with Gasteiger partial charge in [0.15, 0.2) is 6.10 Å².